The van der Waals surface area contributed by atoms with Gasteiger partial charge in [0.05, 0.1) is 17.0 Å². The van der Waals surface area contributed by atoms with Crippen LogP contribution in [0.15, 0.2) is 18.2 Å². The van der Waals surface area contributed by atoms with Gasteiger partial charge in [-0.1, -0.05) is 6.07 Å². The fraction of sp³-hybridized carbons (Fsp3) is 0.200. The molecule has 0 saturated heterocycles. The first-order valence-electron chi connectivity index (χ1n) is 5.06. The van der Waals surface area contributed by atoms with E-state index in [1.54, 1.807) is 0 Å². The lowest BCUT2D eigenvalue weighted by Crippen LogP contribution is -2.34. The average molecular weight is 269 g/mol. The van der Waals surface area contributed by atoms with E-state index in [1.807, 2.05) is 0 Å². The molecule has 1 rings (SSSR count). The molecule has 1 aromatic carbocycles. The molecule has 0 bridgehead atoms. The summed E-state index contributed by atoms with van der Waals surface area (Å²) in [5, 5.41) is 31.3. The molecule has 0 fully saturated rings. The summed E-state index contributed by atoms with van der Waals surface area (Å²) >= 11 is 0. The van der Waals surface area contributed by atoms with E-state index in [0.29, 0.717) is 0 Å². The molecule has 5 N–H and O–H groups in total. The van der Waals surface area contributed by atoms with Gasteiger partial charge in [0.15, 0.2) is 0 Å². The molecule has 0 aliphatic heterocycles. The van der Waals surface area contributed by atoms with Crippen LogP contribution < -0.4 is 11.1 Å². The van der Waals surface area contributed by atoms with Crippen LogP contribution in [0.4, 0.5) is 11.4 Å². The first-order valence-corrected chi connectivity index (χ1v) is 5.06. The molecule has 0 spiro atoms. The number of hydrogen-bond donors (Lipinski definition) is 4. The van der Waals surface area contributed by atoms with Crippen LogP contribution in [-0.2, 0) is 4.79 Å². The van der Waals surface area contributed by atoms with Gasteiger partial charge < -0.3 is 21.3 Å². The SMILES string of the molecule is NC(=O)C(O)CNc1c(C(=O)O)cccc1[N+](=O)[O-]. The van der Waals surface area contributed by atoms with E-state index in [-0.39, 0.29) is 11.3 Å². The van der Waals surface area contributed by atoms with Crippen LogP contribution in [0.1, 0.15) is 10.4 Å². The van der Waals surface area contributed by atoms with Crippen molar-refractivity contribution >= 4 is 23.3 Å². The zero-order valence-electron chi connectivity index (χ0n) is 9.57. The van der Waals surface area contributed by atoms with Crippen molar-refractivity contribution in [3.8, 4) is 0 Å². The molecule has 0 heterocycles. The summed E-state index contributed by atoms with van der Waals surface area (Å²) in [6.07, 6.45) is -1.58. The van der Waals surface area contributed by atoms with E-state index in [2.05, 4.69) is 5.32 Å². The van der Waals surface area contributed by atoms with E-state index in [4.69, 9.17) is 10.8 Å². The number of carbonyl (C=O) groups excluding carboxylic acids is 1. The van der Waals surface area contributed by atoms with E-state index < -0.39 is 35.1 Å². The highest BCUT2D eigenvalue weighted by Gasteiger charge is 2.22. The second-order valence-electron chi connectivity index (χ2n) is 3.56. The summed E-state index contributed by atoms with van der Waals surface area (Å²) in [5.41, 5.74) is 3.71. The van der Waals surface area contributed by atoms with Crippen molar-refractivity contribution in [3.63, 3.8) is 0 Å². The Bertz CT molecular complexity index is 498. The fourth-order valence-electron chi connectivity index (χ4n) is 1.36. The topological polar surface area (TPSA) is 156 Å². The summed E-state index contributed by atoms with van der Waals surface area (Å²) in [5.74, 6) is -2.40. The van der Waals surface area contributed by atoms with Crippen LogP contribution in [-0.4, -0.2) is 39.7 Å². The monoisotopic (exact) mass is 269 g/mol. The third-order valence-electron chi connectivity index (χ3n) is 2.27. The predicted octanol–water partition coefficient (Wildman–Crippen LogP) is -0.449. The second-order valence-corrected chi connectivity index (χ2v) is 3.56. The molecule has 0 aliphatic rings. The lowest BCUT2D eigenvalue weighted by molar-refractivity contribution is -0.384. The molecule has 19 heavy (non-hydrogen) atoms. The Labute approximate surface area is 106 Å². The molecular formula is C10H11N3O6. The lowest BCUT2D eigenvalue weighted by atomic mass is 10.1. The van der Waals surface area contributed by atoms with Gasteiger partial charge in [-0.2, -0.15) is 0 Å². The Morgan fingerprint density at radius 2 is 2.11 bits per heavy atom. The highest BCUT2D eigenvalue weighted by molar-refractivity contribution is 5.97. The largest absolute Gasteiger partial charge is 0.478 e. The zero-order chi connectivity index (χ0) is 14.6. The Morgan fingerprint density at radius 3 is 2.58 bits per heavy atom. The van der Waals surface area contributed by atoms with Gasteiger partial charge >= 0.3 is 5.97 Å². The molecule has 0 saturated carbocycles. The van der Waals surface area contributed by atoms with Gasteiger partial charge in [-0.25, -0.2) is 4.79 Å². The van der Waals surface area contributed by atoms with Crippen LogP contribution in [0, 0.1) is 10.1 Å². The minimum Gasteiger partial charge on any atom is -0.478 e. The number of nitro groups is 1. The van der Waals surface area contributed by atoms with Crippen molar-refractivity contribution in [1.82, 2.24) is 0 Å². The number of nitro benzene ring substituents is 1. The number of carboxylic acid groups (broad SMARTS) is 1. The number of carbonyl (C=O) groups is 2. The molecule has 9 nitrogen and oxygen atoms in total. The van der Waals surface area contributed by atoms with Crippen LogP contribution in [0.25, 0.3) is 0 Å². The number of hydrogen-bond acceptors (Lipinski definition) is 6. The number of primary amides is 1. The maximum atomic E-state index is 11.0. The number of nitrogens with two attached hydrogens (primary N) is 1. The number of aliphatic hydroxyl groups is 1. The Morgan fingerprint density at radius 1 is 1.47 bits per heavy atom. The minimum absolute atomic E-state index is 0.291. The standard InChI is InChI=1S/C10H11N3O6/c11-9(15)7(14)4-12-8-5(10(16)17)2-1-3-6(8)13(18)19/h1-3,7,12,14H,4H2,(H2,11,15)(H,16,17). The summed E-state index contributed by atoms with van der Waals surface area (Å²) in [6, 6.07) is 3.48. The minimum atomic E-state index is -1.58. The number of aliphatic hydroxyl groups excluding tert-OH is 1. The van der Waals surface area contributed by atoms with E-state index in [9.17, 15) is 24.8 Å². The fourth-order valence-corrected chi connectivity index (χ4v) is 1.36. The quantitative estimate of drug-likeness (QED) is 0.402. The number of para-hydroxylation sites is 1. The van der Waals surface area contributed by atoms with Crippen LogP contribution in [0.5, 0.6) is 0 Å². The molecule has 1 amide bonds. The number of aromatic carboxylic acids is 1. The maximum absolute atomic E-state index is 11.0. The van der Waals surface area contributed by atoms with Gasteiger partial charge in [-0.05, 0) is 6.07 Å². The number of amides is 1. The van der Waals surface area contributed by atoms with Crippen LogP contribution in [0.2, 0.25) is 0 Å². The van der Waals surface area contributed by atoms with Gasteiger partial charge in [0, 0.05) is 6.07 Å². The van der Waals surface area contributed by atoms with E-state index >= 15 is 0 Å². The highest BCUT2D eigenvalue weighted by Crippen LogP contribution is 2.28. The van der Waals surface area contributed by atoms with Gasteiger partial charge in [0.25, 0.3) is 5.69 Å². The van der Waals surface area contributed by atoms with Crippen molar-refractivity contribution in [2.45, 2.75) is 6.10 Å². The summed E-state index contributed by atoms with van der Waals surface area (Å²) in [7, 11) is 0. The Balaban J connectivity index is 3.11. The van der Waals surface area contributed by atoms with Crippen molar-refractivity contribution < 1.29 is 24.7 Å². The Hall–Kier alpha value is -2.68. The zero-order valence-corrected chi connectivity index (χ0v) is 9.57. The predicted molar refractivity (Wildman–Crippen MR) is 63.7 cm³/mol. The number of rotatable bonds is 6. The third-order valence-corrected chi connectivity index (χ3v) is 2.27. The molecule has 0 radical (unpaired) electrons. The molecule has 9 heteroatoms. The molecule has 0 aromatic heterocycles. The number of benzene rings is 1. The molecule has 102 valence electrons. The van der Waals surface area contributed by atoms with Crippen molar-refractivity contribution in [3.05, 3.63) is 33.9 Å². The molecule has 1 aromatic rings. The maximum Gasteiger partial charge on any atom is 0.338 e. The second kappa shape index (κ2) is 5.78. The summed E-state index contributed by atoms with van der Waals surface area (Å²) in [6.45, 7) is -0.430. The van der Waals surface area contributed by atoms with E-state index in [1.165, 1.54) is 6.07 Å². The van der Waals surface area contributed by atoms with Gasteiger partial charge in [0.1, 0.15) is 11.8 Å². The molecule has 1 atom stereocenters. The van der Waals surface area contributed by atoms with Crippen molar-refractivity contribution in [1.29, 1.82) is 0 Å². The van der Waals surface area contributed by atoms with Crippen LogP contribution in [0.3, 0.4) is 0 Å². The number of nitrogens with zero attached hydrogens (tertiary/aromatic N) is 1. The number of anilines is 1. The molecule has 0 aliphatic carbocycles. The third kappa shape index (κ3) is 3.39. The van der Waals surface area contributed by atoms with Crippen molar-refractivity contribution in [2.75, 3.05) is 11.9 Å². The first kappa shape index (κ1) is 14.4. The normalized spacial score (nSPS) is 11.6. The van der Waals surface area contributed by atoms with Crippen LogP contribution >= 0.6 is 0 Å². The van der Waals surface area contributed by atoms with Gasteiger partial charge in [-0.15, -0.1) is 0 Å². The Kier molecular flexibility index (Phi) is 4.37. The smallest absolute Gasteiger partial charge is 0.338 e. The number of nitrogens with one attached hydrogen (secondary N) is 1. The highest BCUT2D eigenvalue weighted by atomic mass is 16.6. The lowest BCUT2D eigenvalue weighted by Gasteiger charge is -2.12. The summed E-state index contributed by atoms with van der Waals surface area (Å²) in [4.78, 5) is 31.6. The molecule has 1 unspecified atom stereocenters. The number of carboxylic acids is 1. The van der Waals surface area contributed by atoms with Crippen molar-refractivity contribution in [2.24, 2.45) is 5.73 Å². The molecular weight excluding hydrogens is 258 g/mol. The summed E-state index contributed by atoms with van der Waals surface area (Å²) < 4.78 is 0. The van der Waals surface area contributed by atoms with Gasteiger partial charge in [-0.3, -0.25) is 14.9 Å². The average Bonchev–Trinajstić information content (AvgIpc) is 2.34. The first-order chi connectivity index (χ1) is 8.84. The van der Waals surface area contributed by atoms with Gasteiger partial charge in [0.2, 0.25) is 5.91 Å². The van der Waals surface area contributed by atoms with E-state index in [0.717, 1.165) is 12.1 Å².